The van der Waals surface area contributed by atoms with Gasteiger partial charge >= 0.3 is 6.36 Å². The summed E-state index contributed by atoms with van der Waals surface area (Å²) >= 11 is 3.16. The molecule has 1 aromatic rings. The van der Waals surface area contributed by atoms with Gasteiger partial charge < -0.3 is 14.4 Å². The second kappa shape index (κ2) is 6.55. The number of hydrogen-bond acceptors (Lipinski definition) is 3. The van der Waals surface area contributed by atoms with E-state index in [1.165, 1.54) is 6.07 Å². The predicted molar refractivity (Wildman–Crippen MR) is 72.1 cm³/mol. The molecule has 1 fully saturated rings. The summed E-state index contributed by atoms with van der Waals surface area (Å²) in [6.45, 7) is 1.18. The van der Waals surface area contributed by atoms with Crippen LogP contribution in [0.3, 0.4) is 0 Å². The lowest BCUT2D eigenvalue weighted by Gasteiger charge is -2.16. The van der Waals surface area contributed by atoms with Crippen molar-refractivity contribution in [2.75, 3.05) is 19.7 Å². The zero-order valence-corrected chi connectivity index (χ0v) is 12.5. The highest BCUT2D eigenvalue weighted by Crippen LogP contribution is 2.32. The van der Waals surface area contributed by atoms with Crippen molar-refractivity contribution in [3.63, 3.8) is 0 Å². The zero-order chi connectivity index (χ0) is 15.5. The topological polar surface area (TPSA) is 38.8 Å². The van der Waals surface area contributed by atoms with E-state index in [2.05, 4.69) is 20.7 Å². The monoisotopic (exact) mass is 367 g/mol. The van der Waals surface area contributed by atoms with Gasteiger partial charge in [0.05, 0.1) is 4.47 Å². The fraction of sp³-hybridized carbons (Fsp3) is 0.462. The van der Waals surface area contributed by atoms with E-state index >= 15 is 0 Å². The molecule has 0 N–H and O–H groups in total. The van der Waals surface area contributed by atoms with Crippen LogP contribution in [0.1, 0.15) is 12.8 Å². The second-order valence-electron chi connectivity index (χ2n) is 4.52. The van der Waals surface area contributed by atoms with Crippen LogP contribution in [-0.4, -0.2) is 36.9 Å². The Morgan fingerprint density at radius 1 is 1.29 bits per heavy atom. The van der Waals surface area contributed by atoms with E-state index in [0.717, 1.165) is 25.0 Å². The van der Waals surface area contributed by atoms with Crippen molar-refractivity contribution in [1.82, 2.24) is 4.90 Å². The number of alkyl halides is 3. The third-order valence-corrected chi connectivity index (χ3v) is 3.60. The molecule has 1 aliphatic heterocycles. The molecule has 1 aliphatic rings. The molecule has 1 aromatic carbocycles. The first-order chi connectivity index (χ1) is 9.85. The first-order valence-corrected chi connectivity index (χ1v) is 7.10. The highest BCUT2D eigenvalue weighted by Gasteiger charge is 2.31. The summed E-state index contributed by atoms with van der Waals surface area (Å²) in [5.41, 5.74) is 0. The van der Waals surface area contributed by atoms with E-state index < -0.39 is 12.1 Å². The first-order valence-electron chi connectivity index (χ1n) is 6.31. The van der Waals surface area contributed by atoms with Crippen LogP contribution >= 0.6 is 15.9 Å². The molecular weight excluding hydrogens is 355 g/mol. The number of hydrogen-bond donors (Lipinski definition) is 0. The Labute approximate surface area is 127 Å². The molecule has 0 spiro atoms. The molecule has 1 saturated heterocycles. The highest BCUT2D eigenvalue weighted by molar-refractivity contribution is 9.10. The van der Waals surface area contributed by atoms with Gasteiger partial charge in [-0.1, -0.05) is 0 Å². The molecule has 1 amide bonds. The van der Waals surface area contributed by atoms with E-state index in [1.54, 1.807) is 4.90 Å². The molecule has 2 rings (SSSR count). The molecule has 0 radical (unpaired) electrons. The molecule has 0 bridgehead atoms. The second-order valence-corrected chi connectivity index (χ2v) is 5.37. The van der Waals surface area contributed by atoms with E-state index in [0.29, 0.717) is 17.6 Å². The molecule has 1 heterocycles. The number of carbonyl (C=O) groups is 1. The minimum absolute atomic E-state index is 0.129. The SMILES string of the molecule is O=C(COc1cc(OC(F)(F)F)ccc1Br)N1CCCC1. The molecule has 21 heavy (non-hydrogen) atoms. The molecular formula is C13H13BrF3NO3. The predicted octanol–water partition coefficient (Wildman–Crippen LogP) is 3.35. The van der Waals surface area contributed by atoms with Gasteiger partial charge in [0.15, 0.2) is 6.61 Å². The summed E-state index contributed by atoms with van der Waals surface area (Å²) in [5.74, 6) is -0.444. The summed E-state index contributed by atoms with van der Waals surface area (Å²) in [4.78, 5) is 13.5. The van der Waals surface area contributed by atoms with Crippen LogP contribution < -0.4 is 9.47 Å². The number of amides is 1. The summed E-state index contributed by atoms with van der Waals surface area (Å²) in [7, 11) is 0. The van der Waals surface area contributed by atoms with E-state index in [1.807, 2.05) is 0 Å². The highest BCUT2D eigenvalue weighted by atomic mass is 79.9. The van der Waals surface area contributed by atoms with Crippen molar-refractivity contribution < 1.29 is 27.4 Å². The number of rotatable bonds is 4. The number of likely N-dealkylation sites (tertiary alicyclic amines) is 1. The largest absolute Gasteiger partial charge is 0.573 e. The maximum atomic E-state index is 12.2. The van der Waals surface area contributed by atoms with Gasteiger partial charge in [-0.3, -0.25) is 4.79 Å². The Morgan fingerprint density at radius 3 is 2.57 bits per heavy atom. The van der Waals surface area contributed by atoms with Gasteiger partial charge in [-0.2, -0.15) is 0 Å². The number of carbonyl (C=O) groups excluding carboxylic acids is 1. The average molecular weight is 368 g/mol. The Balaban J connectivity index is 1.98. The Morgan fingerprint density at radius 2 is 1.95 bits per heavy atom. The maximum Gasteiger partial charge on any atom is 0.573 e. The molecule has 0 aromatic heterocycles. The van der Waals surface area contributed by atoms with Crippen LogP contribution in [0.5, 0.6) is 11.5 Å². The van der Waals surface area contributed by atoms with Crippen LogP contribution in [-0.2, 0) is 4.79 Å². The van der Waals surface area contributed by atoms with Gasteiger partial charge in [-0.05, 0) is 40.9 Å². The summed E-state index contributed by atoms with van der Waals surface area (Å²) in [6.07, 6.45) is -2.84. The lowest BCUT2D eigenvalue weighted by atomic mass is 10.3. The zero-order valence-electron chi connectivity index (χ0n) is 11.0. The lowest BCUT2D eigenvalue weighted by molar-refractivity contribution is -0.274. The molecule has 4 nitrogen and oxygen atoms in total. The minimum Gasteiger partial charge on any atom is -0.482 e. The Hall–Kier alpha value is -1.44. The van der Waals surface area contributed by atoms with Gasteiger partial charge in [-0.15, -0.1) is 13.2 Å². The van der Waals surface area contributed by atoms with Gasteiger partial charge in [-0.25, -0.2) is 0 Å². The van der Waals surface area contributed by atoms with Gasteiger partial charge in [0, 0.05) is 19.2 Å². The quantitative estimate of drug-likeness (QED) is 0.818. The van der Waals surface area contributed by atoms with Crippen molar-refractivity contribution in [1.29, 1.82) is 0 Å². The third kappa shape index (κ3) is 4.80. The van der Waals surface area contributed by atoms with Crippen LogP contribution in [0.4, 0.5) is 13.2 Å². The first kappa shape index (κ1) is 15.9. The summed E-state index contributed by atoms with van der Waals surface area (Å²) in [5, 5.41) is 0. The lowest BCUT2D eigenvalue weighted by Crippen LogP contribution is -2.32. The van der Waals surface area contributed by atoms with Gasteiger partial charge in [0.25, 0.3) is 5.91 Å². The van der Waals surface area contributed by atoms with Crippen LogP contribution in [0.25, 0.3) is 0 Å². The van der Waals surface area contributed by atoms with Crippen molar-refractivity contribution in [2.45, 2.75) is 19.2 Å². The standard InChI is InChI=1S/C13H13BrF3NO3/c14-10-4-3-9(21-13(15,16)17)7-11(10)20-8-12(19)18-5-1-2-6-18/h3-4,7H,1-2,5-6,8H2. The van der Waals surface area contributed by atoms with E-state index in [4.69, 9.17) is 4.74 Å². The van der Waals surface area contributed by atoms with Crippen LogP contribution in [0, 0.1) is 0 Å². The summed E-state index contributed by atoms with van der Waals surface area (Å²) in [6, 6.07) is 3.62. The number of nitrogens with zero attached hydrogens (tertiary/aromatic N) is 1. The van der Waals surface area contributed by atoms with Gasteiger partial charge in [0.2, 0.25) is 0 Å². The molecule has 8 heteroatoms. The average Bonchev–Trinajstić information content (AvgIpc) is 2.91. The number of halogens is 4. The molecule has 0 unspecified atom stereocenters. The van der Waals surface area contributed by atoms with Crippen molar-refractivity contribution in [3.05, 3.63) is 22.7 Å². The molecule has 0 aliphatic carbocycles. The Bertz CT molecular complexity index is 516. The van der Waals surface area contributed by atoms with Crippen molar-refractivity contribution in [3.8, 4) is 11.5 Å². The normalized spacial score (nSPS) is 15.1. The fourth-order valence-electron chi connectivity index (χ4n) is 1.99. The Kier molecular flexibility index (Phi) is 4.97. The number of benzene rings is 1. The fourth-order valence-corrected chi connectivity index (χ4v) is 2.35. The van der Waals surface area contributed by atoms with Crippen LogP contribution in [0.15, 0.2) is 22.7 Å². The van der Waals surface area contributed by atoms with Crippen molar-refractivity contribution in [2.24, 2.45) is 0 Å². The van der Waals surface area contributed by atoms with Gasteiger partial charge in [0.1, 0.15) is 11.5 Å². The minimum atomic E-state index is -4.77. The molecule has 0 atom stereocenters. The van der Waals surface area contributed by atoms with E-state index in [9.17, 15) is 18.0 Å². The van der Waals surface area contributed by atoms with E-state index in [-0.39, 0.29) is 18.3 Å². The third-order valence-electron chi connectivity index (χ3n) is 2.95. The molecule has 0 saturated carbocycles. The van der Waals surface area contributed by atoms with Crippen LogP contribution in [0.2, 0.25) is 0 Å². The number of ether oxygens (including phenoxy) is 2. The maximum absolute atomic E-state index is 12.2. The smallest absolute Gasteiger partial charge is 0.482 e. The molecule has 116 valence electrons. The van der Waals surface area contributed by atoms with Crippen molar-refractivity contribution >= 4 is 21.8 Å². The summed E-state index contributed by atoms with van der Waals surface area (Å²) < 4.78 is 46.0.